The van der Waals surface area contributed by atoms with Gasteiger partial charge in [0, 0.05) is 19.9 Å². The second kappa shape index (κ2) is 7.21. The molecule has 8 heteroatoms. The van der Waals surface area contributed by atoms with Crippen molar-refractivity contribution >= 4 is 12.0 Å². The molecule has 0 unspecified atom stereocenters. The quantitative estimate of drug-likeness (QED) is 0.862. The summed E-state index contributed by atoms with van der Waals surface area (Å²) in [5.74, 6) is -0.275. The van der Waals surface area contributed by atoms with Crippen LogP contribution in [0.4, 0.5) is 4.79 Å². The molecule has 0 saturated carbocycles. The lowest BCUT2D eigenvalue weighted by atomic mass is 10.1. The van der Waals surface area contributed by atoms with E-state index in [2.05, 4.69) is 15.7 Å². The van der Waals surface area contributed by atoms with Gasteiger partial charge in [0.05, 0.1) is 11.7 Å². The smallest absolute Gasteiger partial charge is 0.408 e. The average molecular weight is 338 g/mol. The maximum Gasteiger partial charge on any atom is 0.408 e. The maximum atomic E-state index is 12.3. The summed E-state index contributed by atoms with van der Waals surface area (Å²) in [6, 6.07) is 1.01. The van der Waals surface area contributed by atoms with Crippen LogP contribution in [0.1, 0.15) is 45.9 Å². The van der Waals surface area contributed by atoms with Gasteiger partial charge in [-0.1, -0.05) is 0 Å². The molecule has 0 aromatic carbocycles. The van der Waals surface area contributed by atoms with Gasteiger partial charge < -0.3 is 20.1 Å². The Morgan fingerprint density at radius 3 is 2.75 bits per heavy atom. The van der Waals surface area contributed by atoms with Crippen molar-refractivity contribution in [1.29, 1.82) is 0 Å². The van der Waals surface area contributed by atoms with Gasteiger partial charge in [0.15, 0.2) is 0 Å². The molecule has 3 atom stereocenters. The van der Waals surface area contributed by atoms with Crippen LogP contribution < -0.4 is 10.6 Å². The summed E-state index contributed by atoms with van der Waals surface area (Å²) in [5.41, 5.74) is 0.301. The van der Waals surface area contributed by atoms with E-state index in [-0.39, 0.29) is 18.1 Å². The Bertz CT molecular complexity index is 593. The summed E-state index contributed by atoms with van der Waals surface area (Å²) in [5, 5.41) is 9.61. The van der Waals surface area contributed by atoms with Crippen LogP contribution in [0, 0.1) is 0 Å². The molecule has 1 aliphatic heterocycles. The third-order valence-corrected chi connectivity index (χ3v) is 3.70. The van der Waals surface area contributed by atoms with Gasteiger partial charge in [-0.3, -0.25) is 9.48 Å². The van der Waals surface area contributed by atoms with Crippen LogP contribution >= 0.6 is 0 Å². The van der Waals surface area contributed by atoms with E-state index < -0.39 is 17.7 Å². The van der Waals surface area contributed by atoms with Gasteiger partial charge in [-0.2, -0.15) is 5.10 Å². The Kier molecular flexibility index (Phi) is 5.48. The Hall–Kier alpha value is -2.09. The number of nitrogens with zero attached hydrogens (tertiary/aromatic N) is 2. The van der Waals surface area contributed by atoms with Crippen LogP contribution in [0.3, 0.4) is 0 Å². The number of carbonyl (C=O) groups excluding carboxylic acids is 2. The first-order valence-electron chi connectivity index (χ1n) is 8.07. The van der Waals surface area contributed by atoms with Crippen molar-refractivity contribution in [3.63, 3.8) is 0 Å². The van der Waals surface area contributed by atoms with Gasteiger partial charge in [0.1, 0.15) is 17.7 Å². The molecule has 0 radical (unpaired) electrons. The van der Waals surface area contributed by atoms with Gasteiger partial charge in [0.25, 0.3) is 0 Å². The third kappa shape index (κ3) is 4.70. The highest BCUT2D eigenvalue weighted by atomic mass is 16.6. The third-order valence-electron chi connectivity index (χ3n) is 3.70. The standard InChI is InChI=1S/C16H26N4O4/c1-10(18-15(22)24-16(2,3)4)14(21)19-11-7-9-23-13(11)12-6-8-17-20(12)5/h6,8,10-11,13H,7,9H2,1-5H3,(H,18,22)(H,19,21)/t10-,11-,13-/m0/s1. The number of ether oxygens (including phenoxy) is 2. The summed E-state index contributed by atoms with van der Waals surface area (Å²) in [7, 11) is 1.84. The minimum atomic E-state index is -0.701. The SMILES string of the molecule is C[C@H](NC(=O)OC(C)(C)C)C(=O)N[C@H]1CCO[C@@H]1c1ccnn1C. The second-order valence-electron chi connectivity index (χ2n) is 6.94. The lowest BCUT2D eigenvalue weighted by molar-refractivity contribution is -0.124. The van der Waals surface area contributed by atoms with E-state index in [0.717, 1.165) is 5.69 Å². The molecule has 2 heterocycles. The van der Waals surface area contributed by atoms with Crippen LogP contribution in [0.25, 0.3) is 0 Å². The van der Waals surface area contributed by atoms with E-state index in [1.165, 1.54) is 0 Å². The molecular formula is C16H26N4O4. The van der Waals surface area contributed by atoms with Crippen molar-refractivity contribution in [3.05, 3.63) is 18.0 Å². The fourth-order valence-corrected chi connectivity index (χ4v) is 2.55. The van der Waals surface area contributed by atoms with Crippen LogP contribution in [-0.4, -0.2) is 46.1 Å². The number of hydrogen-bond donors (Lipinski definition) is 2. The van der Waals surface area contributed by atoms with Gasteiger partial charge in [-0.15, -0.1) is 0 Å². The Morgan fingerprint density at radius 1 is 1.46 bits per heavy atom. The molecule has 8 nitrogen and oxygen atoms in total. The van der Waals surface area contributed by atoms with E-state index in [9.17, 15) is 9.59 Å². The second-order valence-corrected chi connectivity index (χ2v) is 6.94. The maximum absolute atomic E-state index is 12.3. The predicted molar refractivity (Wildman–Crippen MR) is 87.3 cm³/mol. The molecule has 24 heavy (non-hydrogen) atoms. The first-order valence-corrected chi connectivity index (χ1v) is 8.07. The number of rotatable bonds is 4. The Morgan fingerprint density at radius 2 is 2.17 bits per heavy atom. The minimum Gasteiger partial charge on any atom is -0.444 e. The average Bonchev–Trinajstić information content (AvgIpc) is 3.04. The molecule has 2 rings (SSSR count). The van der Waals surface area contributed by atoms with Gasteiger partial charge in [-0.25, -0.2) is 4.79 Å². The molecular weight excluding hydrogens is 312 g/mol. The molecule has 134 valence electrons. The normalized spacial score (nSPS) is 22.0. The van der Waals surface area contributed by atoms with Crippen molar-refractivity contribution < 1.29 is 19.1 Å². The monoisotopic (exact) mass is 338 g/mol. The lowest BCUT2D eigenvalue weighted by Gasteiger charge is -2.24. The molecule has 0 spiro atoms. The molecule has 0 bridgehead atoms. The Labute approximate surface area is 141 Å². The van der Waals surface area contributed by atoms with Crippen LogP contribution in [0.5, 0.6) is 0 Å². The zero-order chi connectivity index (χ0) is 17.9. The summed E-state index contributed by atoms with van der Waals surface area (Å²) in [4.78, 5) is 24.1. The molecule has 1 aromatic rings. The minimum absolute atomic E-state index is 0.157. The first-order chi connectivity index (χ1) is 11.2. The summed E-state index contributed by atoms with van der Waals surface area (Å²) >= 11 is 0. The summed E-state index contributed by atoms with van der Waals surface area (Å²) < 4.78 is 12.6. The number of hydrogen-bond acceptors (Lipinski definition) is 5. The first kappa shape index (κ1) is 18.3. The van der Waals surface area contributed by atoms with Gasteiger partial charge in [-0.05, 0) is 40.2 Å². The largest absolute Gasteiger partial charge is 0.444 e. The van der Waals surface area contributed by atoms with Crippen LogP contribution in [0.2, 0.25) is 0 Å². The van der Waals surface area contributed by atoms with Gasteiger partial charge >= 0.3 is 6.09 Å². The topological polar surface area (TPSA) is 94.5 Å². The van der Waals surface area contributed by atoms with E-state index in [1.807, 2.05) is 13.1 Å². The molecule has 1 aliphatic rings. The van der Waals surface area contributed by atoms with Crippen LogP contribution in [-0.2, 0) is 21.3 Å². The van der Waals surface area contributed by atoms with Gasteiger partial charge in [0.2, 0.25) is 5.91 Å². The summed E-state index contributed by atoms with van der Waals surface area (Å²) in [6.07, 6.45) is 1.55. The molecule has 2 N–H and O–H groups in total. The fraction of sp³-hybridized carbons (Fsp3) is 0.688. The zero-order valence-electron chi connectivity index (χ0n) is 14.8. The number of alkyl carbamates (subject to hydrolysis) is 1. The molecule has 0 aliphatic carbocycles. The van der Waals surface area contributed by atoms with E-state index in [4.69, 9.17) is 9.47 Å². The van der Waals surface area contributed by atoms with E-state index >= 15 is 0 Å². The highest BCUT2D eigenvalue weighted by Gasteiger charge is 2.34. The number of nitrogens with one attached hydrogen (secondary N) is 2. The van der Waals surface area contributed by atoms with Crippen LogP contribution in [0.15, 0.2) is 12.3 Å². The van der Waals surface area contributed by atoms with Crippen molar-refractivity contribution in [3.8, 4) is 0 Å². The summed E-state index contributed by atoms with van der Waals surface area (Å²) in [6.45, 7) is 7.49. The fourth-order valence-electron chi connectivity index (χ4n) is 2.55. The highest BCUT2D eigenvalue weighted by molar-refractivity contribution is 5.85. The molecule has 1 saturated heterocycles. The number of aromatic nitrogens is 2. The van der Waals surface area contributed by atoms with Crippen molar-refractivity contribution in [2.45, 2.75) is 57.9 Å². The molecule has 2 amide bonds. The number of carbonyl (C=O) groups is 2. The highest BCUT2D eigenvalue weighted by Crippen LogP contribution is 2.28. The molecule has 1 fully saturated rings. The van der Waals surface area contributed by atoms with Crippen molar-refractivity contribution in [2.24, 2.45) is 7.05 Å². The van der Waals surface area contributed by atoms with Crippen molar-refractivity contribution in [1.82, 2.24) is 20.4 Å². The van der Waals surface area contributed by atoms with E-state index in [1.54, 1.807) is 38.6 Å². The number of amides is 2. The zero-order valence-corrected chi connectivity index (χ0v) is 14.8. The predicted octanol–water partition coefficient (Wildman–Crippen LogP) is 1.28. The van der Waals surface area contributed by atoms with E-state index in [0.29, 0.717) is 13.0 Å². The Balaban J connectivity index is 1.91. The molecule has 1 aromatic heterocycles. The lowest BCUT2D eigenvalue weighted by Crippen LogP contribution is -2.49. The number of aryl methyl sites for hydroxylation is 1. The van der Waals surface area contributed by atoms with Crippen molar-refractivity contribution in [2.75, 3.05) is 6.61 Å².